The van der Waals surface area contributed by atoms with E-state index in [4.69, 9.17) is 13.9 Å². The highest BCUT2D eigenvalue weighted by Crippen LogP contribution is 2.32. The second-order valence-corrected chi connectivity index (χ2v) is 7.34. The Morgan fingerprint density at radius 1 is 1.18 bits per heavy atom. The number of carbonyl (C=O) groups excluding carboxylic acids is 1. The fourth-order valence-electron chi connectivity index (χ4n) is 3.26. The van der Waals surface area contributed by atoms with Crippen LogP contribution in [0.25, 0.3) is 23.5 Å². The summed E-state index contributed by atoms with van der Waals surface area (Å²) in [5.74, 6) is 1.89. The molecule has 0 atom stereocenters. The van der Waals surface area contributed by atoms with Gasteiger partial charge in [-0.3, -0.25) is 14.6 Å². The summed E-state index contributed by atoms with van der Waals surface area (Å²) in [4.78, 5) is 32.1. The molecule has 166 valence electrons. The average molecular weight is 445 g/mol. The number of fused-ring (bicyclic) bond motifs is 1. The Morgan fingerprint density at radius 2 is 2.03 bits per heavy atom. The van der Waals surface area contributed by atoms with E-state index < -0.39 is 5.91 Å². The molecule has 0 saturated carbocycles. The highest BCUT2D eigenvalue weighted by Gasteiger charge is 2.17. The summed E-state index contributed by atoms with van der Waals surface area (Å²) in [7, 11) is 0. The Hall–Kier alpha value is -4.60. The predicted molar refractivity (Wildman–Crippen MR) is 119 cm³/mol. The molecule has 1 aliphatic rings. The van der Waals surface area contributed by atoms with E-state index >= 15 is 0 Å². The number of nitrogens with one attached hydrogen (secondary N) is 2. The second-order valence-electron chi connectivity index (χ2n) is 7.34. The largest absolute Gasteiger partial charge is 0.463 e. The quantitative estimate of drug-likeness (QED) is 0.452. The average Bonchev–Trinajstić information content (AvgIpc) is 3.56. The Morgan fingerprint density at radius 3 is 2.82 bits per heavy atom. The summed E-state index contributed by atoms with van der Waals surface area (Å²) in [6, 6.07) is 10.5. The van der Waals surface area contributed by atoms with Crippen LogP contribution in [0.1, 0.15) is 16.8 Å². The number of ether oxygens (including phenoxy) is 2. The third kappa shape index (κ3) is 4.01. The molecule has 1 aromatic carbocycles. The summed E-state index contributed by atoms with van der Waals surface area (Å²) >= 11 is 0. The van der Waals surface area contributed by atoms with Gasteiger partial charge in [0.05, 0.1) is 6.26 Å². The lowest BCUT2D eigenvalue weighted by Gasteiger charge is -2.08. The number of hydrogen-bond donors (Lipinski definition) is 2. The van der Waals surface area contributed by atoms with Crippen molar-refractivity contribution in [1.82, 2.24) is 19.7 Å². The van der Waals surface area contributed by atoms with E-state index in [1.165, 1.54) is 17.0 Å². The van der Waals surface area contributed by atoms with Crippen LogP contribution in [0.15, 0.2) is 57.9 Å². The van der Waals surface area contributed by atoms with Crippen LogP contribution in [0.5, 0.6) is 11.5 Å². The van der Waals surface area contributed by atoms with Gasteiger partial charge in [-0.1, -0.05) is 6.07 Å². The van der Waals surface area contributed by atoms with Crippen molar-refractivity contribution >= 4 is 17.8 Å². The number of aromatic amines is 1. The number of amides is 1. The molecule has 0 radical (unpaired) electrons. The van der Waals surface area contributed by atoms with Gasteiger partial charge in [0, 0.05) is 23.4 Å². The van der Waals surface area contributed by atoms with E-state index in [0.717, 1.165) is 5.56 Å². The molecule has 0 saturated heterocycles. The zero-order valence-electron chi connectivity index (χ0n) is 17.8. The molecular weight excluding hydrogens is 426 g/mol. The van der Waals surface area contributed by atoms with Crippen LogP contribution in [0.4, 0.5) is 5.82 Å². The number of furan rings is 1. The zero-order valence-corrected chi connectivity index (χ0v) is 17.8. The van der Waals surface area contributed by atoms with Crippen LogP contribution < -0.4 is 20.3 Å². The van der Waals surface area contributed by atoms with Gasteiger partial charge in [0.1, 0.15) is 11.5 Å². The van der Waals surface area contributed by atoms with Crippen molar-refractivity contribution in [1.29, 1.82) is 0 Å². The van der Waals surface area contributed by atoms with E-state index in [2.05, 4.69) is 20.4 Å². The molecule has 10 heteroatoms. The smallest absolute Gasteiger partial charge is 0.255 e. The number of nitrogens with zero attached hydrogens (tertiary/aromatic N) is 3. The Balaban J connectivity index is 1.45. The highest BCUT2D eigenvalue weighted by molar-refractivity contribution is 6.01. The monoisotopic (exact) mass is 445 g/mol. The topological polar surface area (TPSA) is 124 Å². The fourth-order valence-corrected chi connectivity index (χ4v) is 3.26. The third-order valence-electron chi connectivity index (χ3n) is 5.14. The van der Waals surface area contributed by atoms with Gasteiger partial charge in [-0.15, -0.1) is 0 Å². The Bertz CT molecular complexity index is 1430. The first-order valence-corrected chi connectivity index (χ1v) is 10.1. The van der Waals surface area contributed by atoms with Crippen molar-refractivity contribution in [3.63, 3.8) is 0 Å². The molecule has 3 aromatic heterocycles. The lowest BCUT2D eigenvalue weighted by molar-refractivity contribution is -0.111. The van der Waals surface area contributed by atoms with Crippen LogP contribution >= 0.6 is 0 Å². The van der Waals surface area contributed by atoms with Gasteiger partial charge in [-0.25, -0.2) is 4.98 Å². The van der Waals surface area contributed by atoms with Gasteiger partial charge in [0.25, 0.3) is 5.56 Å². The normalized spacial score (nSPS) is 12.4. The van der Waals surface area contributed by atoms with Crippen molar-refractivity contribution in [2.24, 2.45) is 0 Å². The van der Waals surface area contributed by atoms with E-state index in [0.29, 0.717) is 40.0 Å². The molecule has 0 spiro atoms. The van der Waals surface area contributed by atoms with E-state index in [1.807, 2.05) is 6.07 Å². The lowest BCUT2D eigenvalue weighted by Crippen LogP contribution is -2.20. The summed E-state index contributed by atoms with van der Waals surface area (Å²) in [6.45, 7) is 3.60. The summed E-state index contributed by atoms with van der Waals surface area (Å²) < 4.78 is 17.4. The molecule has 0 fully saturated rings. The predicted octanol–water partition coefficient (Wildman–Crippen LogP) is 3.21. The van der Waals surface area contributed by atoms with Crippen LogP contribution in [0, 0.1) is 13.8 Å². The minimum atomic E-state index is -0.397. The van der Waals surface area contributed by atoms with Crippen molar-refractivity contribution in [2.75, 3.05) is 12.1 Å². The number of benzene rings is 1. The summed E-state index contributed by atoms with van der Waals surface area (Å²) in [5, 5.41) is 7.25. The Labute approximate surface area is 187 Å². The maximum absolute atomic E-state index is 12.7. The molecule has 33 heavy (non-hydrogen) atoms. The maximum Gasteiger partial charge on any atom is 0.255 e. The van der Waals surface area contributed by atoms with Crippen molar-refractivity contribution in [3.8, 4) is 28.9 Å². The molecule has 5 rings (SSSR count). The van der Waals surface area contributed by atoms with Crippen molar-refractivity contribution in [2.45, 2.75) is 13.8 Å². The molecule has 0 unspecified atom stereocenters. The van der Waals surface area contributed by atoms with Crippen LogP contribution in [-0.4, -0.2) is 32.4 Å². The molecular formula is C23H19N5O5. The molecule has 0 bridgehead atoms. The Kier molecular flexibility index (Phi) is 5.02. The molecule has 4 aromatic rings. The SMILES string of the molecule is Cc1nc(-n2nc(-c3ccco3)cc2NC(=O)/C=C/c2ccc3c(c2)OCO3)[nH]c(=O)c1C. The summed E-state index contributed by atoms with van der Waals surface area (Å²) in [5.41, 5.74) is 2.03. The second kappa shape index (κ2) is 8.15. The van der Waals surface area contributed by atoms with Gasteiger partial charge < -0.3 is 19.2 Å². The number of H-pyrrole nitrogens is 1. The van der Waals surface area contributed by atoms with Gasteiger partial charge in [-0.2, -0.15) is 9.78 Å². The van der Waals surface area contributed by atoms with Crippen LogP contribution in [-0.2, 0) is 4.79 Å². The molecule has 1 aliphatic heterocycles. The first kappa shape index (κ1) is 20.3. The molecule has 1 amide bonds. The molecule has 10 nitrogen and oxygen atoms in total. The number of aryl methyl sites for hydroxylation is 1. The number of aromatic nitrogens is 4. The van der Waals surface area contributed by atoms with E-state index in [9.17, 15) is 9.59 Å². The number of anilines is 1. The number of rotatable bonds is 5. The van der Waals surface area contributed by atoms with Crippen LogP contribution in [0.3, 0.4) is 0 Å². The number of hydrogen-bond acceptors (Lipinski definition) is 7. The lowest BCUT2D eigenvalue weighted by atomic mass is 10.2. The summed E-state index contributed by atoms with van der Waals surface area (Å²) in [6.07, 6.45) is 4.57. The van der Waals surface area contributed by atoms with Gasteiger partial charge in [0.2, 0.25) is 18.6 Å². The van der Waals surface area contributed by atoms with Gasteiger partial charge in [-0.05, 0) is 49.8 Å². The minimum Gasteiger partial charge on any atom is -0.463 e. The van der Waals surface area contributed by atoms with Crippen molar-refractivity contribution in [3.05, 3.63) is 75.9 Å². The number of carbonyl (C=O) groups is 1. The first-order chi connectivity index (χ1) is 16.0. The van der Waals surface area contributed by atoms with Crippen LogP contribution in [0.2, 0.25) is 0 Å². The molecule has 4 heterocycles. The minimum absolute atomic E-state index is 0.177. The zero-order chi connectivity index (χ0) is 22.9. The van der Waals surface area contributed by atoms with E-state index in [1.54, 1.807) is 50.3 Å². The first-order valence-electron chi connectivity index (χ1n) is 10.1. The van der Waals surface area contributed by atoms with E-state index in [-0.39, 0.29) is 18.3 Å². The van der Waals surface area contributed by atoms with Gasteiger partial charge in [0.15, 0.2) is 17.3 Å². The molecule has 2 N–H and O–H groups in total. The maximum atomic E-state index is 12.7. The standard InChI is InChI=1S/C23H19N5O5/c1-13-14(2)24-23(26-22(13)30)28-20(11-16(27-28)17-4-3-9-31-17)25-21(29)8-6-15-5-7-18-19(10-15)33-12-32-18/h3-11H,12H2,1-2H3,(H,25,29)(H,24,26,30)/b8-6+. The third-order valence-corrected chi connectivity index (χ3v) is 5.14. The highest BCUT2D eigenvalue weighted by atomic mass is 16.7. The fraction of sp³-hybridized carbons (Fsp3) is 0.130. The van der Waals surface area contributed by atoms with Gasteiger partial charge >= 0.3 is 0 Å². The van der Waals surface area contributed by atoms with Crippen molar-refractivity contribution < 1.29 is 18.7 Å². The molecule has 0 aliphatic carbocycles.